The fourth-order valence-corrected chi connectivity index (χ4v) is 2.78. The second-order valence-electron chi connectivity index (χ2n) is 6.48. The van der Waals surface area contributed by atoms with Crippen molar-refractivity contribution in [2.24, 2.45) is 5.41 Å². The summed E-state index contributed by atoms with van der Waals surface area (Å²) in [6, 6.07) is 0.759. The van der Waals surface area contributed by atoms with Crippen LogP contribution >= 0.6 is 0 Å². The normalized spacial score (nSPS) is 24.7. The van der Waals surface area contributed by atoms with E-state index < -0.39 is 0 Å². The fraction of sp³-hybridized carbons (Fsp3) is 1.00. The zero-order valence-corrected chi connectivity index (χ0v) is 13.1. The summed E-state index contributed by atoms with van der Waals surface area (Å²) in [7, 11) is 4.41. The predicted molar refractivity (Wildman–Crippen MR) is 80.1 cm³/mol. The molecule has 0 bridgehead atoms. The molecule has 108 valence electrons. The zero-order chi connectivity index (χ0) is 13.6. The number of nitrogens with zero attached hydrogens (tertiary/aromatic N) is 2. The molecule has 0 aromatic rings. The Hall–Kier alpha value is -0.120. The molecular formula is C15H33N3. The predicted octanol–water partition coefficient (Wildman–Crippen LogP) is 2.04. The Balaban J connectivity index is 2.38. The SMILES string of the molecule is CCCNCC(C)(CC)CN1CCC(N(C)C)C1. The Morgan fingerprint density at radius 2 is 2.06 bits per heavy atom. The van der Waals surface area contributed by atoms with Gasteiger partial charge in [-0.15, -0.1) is 0 Å². The number of hydrogen-bond acceptors (Lipinski definition) is 3. The van der Waals surface area contributed by atoms with Gasteiger partial charge < -0.3 is 15.1 Å². The molecule has 1 aliphatic heterocycles. The van der Waals surface area contributed by atoms with Crippen molar-refractivity contribution < 1.29 is 0 Å². The lowest BCUT2D eigenvalue weighted by Crippen LogP contribution is -2.42. The number of hydrogen-bond donors (Lipinski definition) is 1. The van der Waals surface area contributed by atoms with Gasteiger partial charge in [0.15, 0.2) is 0 Å². The van der Waals surface area contributed by atoms with Crippen molar-refractivity contribution in [1.82, 2.24) is 15.1 Å². The number of rotatable bonds is 8. The van der Waals surface area contributed by atoms with Gasteiger partial charge in [0.25, 0.3) is 0 Å². The van der Waals surface area contributed by atoms with Crippen LogP contribution in [0.25, 0.3) is 0 Å². The molecular weight excluding hydrogens is 222 g/mol. The molecule has 3 heteroatoms. The number of nitrogens with one attached hydrogen (secondary N) is 1. The van der Waals surface area contributed by atoms with E-state index in [9.17, 15) is 0 Å². The van der Waals surface area contributed by atoms with E-state index in [2.05, 4.69) is 50.0 Å². The highest BCUT2D eigenvalue weighted by atomic mass is 15.2. The van der Waals surface area contributed by atoms with Gasteiger partial charge in [-0.05, 0) is 51.9 Å². The molecule has 0 radical (unpaired) electrons. The highest BCUT2D eigenvalue weighted by molar-refractivity contribution is 4.86. The van der Waals surface area contributed by atoms with Crippen LogP contribution in [0.5, 0.6) is 0 Å². The minimum Gasteiger partial charge on any atom is -0.316 e. The maximum absolute atomic E-state index is 3.60. The van der Waals surface area contributed by atoms with Gasteiger partial charge in [0.1, 0.15) is 0 Å². The van der Waals surface area contributed by atoms with E-state index in [0.717, 1.165) is 19.1 Å². The van der Waals surface area contributed by atoms with Crippen LogP contribution in [0.4, 0.5) is 0 Å². The van der Waals surface area contributed by atoms with Gasteiger partial charge in [0.05, 0.1) is 0 Å². The third kappa shape index (κ3) is 4.87. The first-order valence-electron chi connectivity index (χ1n) is 7.60. The van der Waals surface area contributed by atoms with Crippen molar-refractivity contribution in [2.75, 3.05) is 46.8 Å². The monoisotopic (exact) mass is 255 g/mol. The summed E-state index contributed by atoms with van der Waals surface area (Å²) >= 11 is 0. The molecule has 2 atom stereocenters. The highest BCUT2D eigenvalue weighted by Crippen LogP contribution is 2.24. The lowest BCUT2D eigenvalue weighted by molar-refractivity contribution is 0.169. The molecule has 3 nitrogen and oxygen atoms in total. The van der Waals surface area contributed by atoms with Gasteiger partial charge in [-0.2, -0.15) is 0 Å². The standard InChI is InChI=1S/C15H33N3/c1-6-9-16-12-15(3,7-2)13-18-10-8-14(11-18)17(4)5/h14,16H,6-13H2,1-5H3. The van der Waals surface area contributed by atoms with Gasteiger partial charge in [-0.3, -0.25) is 0 Å². The van der Waals surface area contributed by atoms with Crippen LogP contribution in [0, 0.1) is 5.41 Å². The quantitative estimate of drug-likeness (QED) is 0.670. The molecule has 0 aromatic heterocycles. The van der Waals surface area contributed by atoms with Crippen LogP contribution in [0.1, 0.15) is 40.0 Å². The first-order valence-corrected chi connectivity index (χ1v) is 7.60. The van der Waals surface area contributed by atoms with Crippen LogP contribution in [-0.4, -0.2) is 62.7 Å². The molecule has 0 saturated carbocycles. The number of likely N-dealkylation sites (tertiary alicyclic amines) is 1. The first-order chi connectivity index (χ1) is 8.50. The van der Waals surface area contributed by atoms with E-state index in [1.807, 2.05) is 0 Å². The van der Waals surface area contributed by atoms with E-state index in [1.165, 1.54) is 38.9 Å². The van der Waals surface area contributed by atoms with E-state index in [4.69, 9.17) is 0 Å². The lowest BCUT2D eigenvalue weighted by atomic mass is 9.86. The van der Waals surface area contributed by atoms with E-state index >= 15 is 0 Å². The second kappa shape index (κ2) is 7.46. The van der Waals surface area contributed by atoms with Crippen molar-refractivity contribution in [3.05, 3.63) is 0 Å². The van der Waals surface area contributed by atoms with Gasteiger partial charge in [-0.25, -0.2) is 0 Å². The Bertz CT molecular complexity index is 230. The summed E-state index contributed by atoms with van der Waals surface area (Å²) < 4.78 is 0. The van der Waals surface area contributed by atoms with E-state index in [-0.39, 0.29) is 0 Å². The Labute approximate surface area is 114 Å². The molecule has 1 rings (SSSR count). The van der Waals surface area contributed by atoms with Gasteiger partial charge in [0.2, 0.25) is 0 Å². The Kier molecular flexibility index (Phi) is 6.61. The molecule has 0 aliphatic carbocycles. The summed E-state index contributed by atoms with van der Waals surface area (Å²) in [5, 5.41) is 3.60. The summed E-state index contributed by atoms with van der Waals surface area (Å²) in [5.74, 6) is 0. The summed E-state index contributed by atoms with van der Waals surface area (Å²) in [5.41, 5.74) is 0.427. The van der Waals surface area contributed by atoms with Crippen molar-refractivity contribution in [2.45, 2.75) is 46.1 Å². The summed E-state index contributed by atoms with van der Waals surface area (Å²) in [6.07, 6.45) is 3.81. The maximum atomic E-state index is 3.60. The molecule has 1 aliphatic rings. The number of likely N-dealkylation sites (N-methyl/N-ethyl adjacent to an activating group) is 1. The molecule has 2 unspecified atom stereocenters. The minimum absolute atomic E-state index is 0.427. The molecule has 0 aromatic carbocycles. The first kappa shape index (κ1) is 15.9. The molecule has 1 heterocycles. The second-order valence-corrected chi connectivity index (χ2v) is 6.48. The molecule has 18 heavy (non-hydrogen) atoms. The van der Waals surface area contributed by atoms with Crippen molar-refractivity contribution >= 4 is 0 Å². The van der Waals surface area contributed by atoms with Crippen LogP contribution in [0.3, 0.4) is 0 Å². The third-order valence-corrected chi connectivity index (χ3v) is 4.42. The Morgan fingerprint density at radius 3 is 2.56 bits per heavy atom. The summed E-state index contributed by atoms with van der Waals surface area (Å²) in [6.45, 7) is 13.0. The zero-order valence-electron chi connectivity index (χ0n) is 13.1. The average molecular weight is 255 g/mol. The molecule has 0 spiro atoms. The average Bonchev–Trinajstić information content (AvgIpc) is 2.78. The van der Waals surface area contributed by atoms with Crippen molar-refractivity contribution in [1.29, 1.82) is 0 Å². The van der Waals surface area contributed by atoms with Crippen molar-refractivity contribution in [3.8, 4) is 0 Å². The fourth-order valence-electron chi connectivity index (χ4n) is 2.78. The van der Waals surface area contributed by atoms with Crippen LogP contribution in [0.15, 0.2) is 0 Å². The van der Waals surface area contributed by atoms with Gasteiger partial charge in [0, 0.05) is 25.7 Å². The smallest absolute Gasteiger partial charge is 0.0229 e. The van der Waals surface area contributed by atoms with E-state index in [0.29, 0.717) is 5.41 Å². The van der Waals surface area contributed by atoms with Crippen LogP contribution < -0.4 is 5.32 Å². The van der Waals surface area contributed by atoms with Gasteiger partial charge in [-0.1, -0.05) is 20.8 Å². The molecule has 1 N–H and O–H groups in total. The Morgan fingerprint density at radius 1 is 1.33 bits per heavy atom. The molecule has 1 fully saturated rings. The maximum Gasteiger partial charge on any atom is 0.0229 e. The van der Waals surface area contributed by atoms with Crippen LogP contribution in [0.2, 0.25) is 0 Å². The lowest BCUT2D eigenvalue weighted by Gasteiger charge is -2.33. The van der Waals surface area contributed by atoms with Crippen LogP contribution in [-0.2, 0) is 0 Å². The largest absolute Gasteiger partial charge is 0.316 e. The molecule has 0 amide bonds. The van der Waals surface area contributed by atoms with Crippen molar-refractivity contribution in [3.63, 3.8) is 0 Å². The summed E-state index contributed by atoms with van der Waals surface area (Å²) in [4.78, 5) is 5.03. The third-order valence-electron chi connectivity index (χ3n) is 4.42. The van der Waals surface area contributed by atoms with E-state index in [1.54, 1.807) is 0 Å². The minimum atomic E-state index is 0.427. The molecule has 1 saturated heterocycles. The topological polar surface area (TPSA) is 18.5 Å². The highest BCUT2D eigenvalue weighted by Gasteiger charge is 2.30. The van der Waals surface area contributed by atoms with Gasteiger partial charge >= 0.3 is 0 Å².